The number of benzene rings is 2. The zero-order valence-electron chi connectivity index (χ0n) is 10.2. The Labute approximate surface area is 139 Å². The molecule has 2 rings (SSSR count). The predicted octanol–water partition coefficient (Wildman–Crippen LogP) is 3.35. The van der Waals surface area contributed by atoms with E-state index in [-0.39, 0.29) is 11.5 Å². The molecular weight excluding hydrogens is 457 g/mol. The molecule has 0 unspecified atom stereocenters. The van der Waals surface area contributed by atoms with Gasteiger partial charge in [0.2, 0.25) is 0 Å². The Kier molecular flexibility index (Phi) is 5.05. The van der Waals surface area contributed by atoms with E-state index < -0.39 is 10.0 Å². The van der Waals surface area contributed by atoms with E-state index in [9.17, 15) is 8.42 Å². The highest BCUT2D eigenvalue weighted by Gasteiger charge is 2.18. The molecule has 0 saturated carbocycles. The van der Waals surface area contributed by atoms with Crippen LogP contribution in [0.1, 0.15) is 5.56 Å². The summed E-state index contributed by atoms with van der Waals surface area (Å²) in [4.78, 5) is 0.0999. The second-order valence-electron chi connectivity index (χ2n) is 4.04. The first kappa shape index (κ1) is 15.7. The fourth-order valence-electron chi connectivity index (χ4n) is 1.61. The molecule has 0 aliphatic carbocycles. The van der Waals surface area contributed by atoms with Crippen LogP contribution in [0.2, 0.25) is 0 Å². The van der Waals surface area contributed by atoms with Gasteiger partial charge in [0.1, 0.15) is 4.90 Å². The van der Waals surface area contributed by atoms with Crippen molar-refractivity contribution in [1.82, 2.24) is 0 Å². The van der Waals surface area contributed by atoms with Gasteiger partial charge in [-0.25, -0.2) is 8.42 Å². The summed E-state index contributed by atoms with van der Waals surface area (Å²) in [5, 5.41) is 9.11. The van der Waals surface area contributed by atoms with Crippen molar-refractivity contribution in [2.45, 2.75) is 11.5 Å². The Morgan fingerprint density at radius 2 is 1.95 bits per heavy atom. The predicted molar refractivity (Wildman–Crippen MR) is 90.0 cm³/mol. The molecular formula is C13H11BrINO3S. The van der Waals surface area contributed by atoms with E-state index >= 15 is 0 Å². The molecule has 0 bridgehead atoms. The average Bonchev–Trinajstić information content (AvgIpc) is 2.38. The van der Waals surface area contributed by atoms with E-state index in [1.54, 1.807) is 30.3 Å². The SMILES string of the molecule is O=S(=O)(Nc1cccc(I)c1)c1cc(CO)ccc1Br. The van der Waals surface area contributed by atoms with Gasteiger partial charge in [0.25, 0.3) is 10.0 Å². The van der Waals surface area contributed by atoms with Crippen molar-refractivity contribution >= 4 is 54.2 Å². The van der Waals surface area contributed by atoms with Crippen molar-refractivity contribution in [3.8, 4) is 0 Å². The van der Waals surface area contributed by atoms with E-state index in [0.29, 0.717) is 15.7 Å². The van der Waals surface area contributed by atoms with Gasteiger partial charge in [-0.15, -0.1) is 0 Å². The van der Waals surface area contributed by atoms with Gasteiger partial charge in [0, 0.05) is 13.7 Å². The third kappa shape index (κ3) is 3.72. The summed E-state index contributed by atoms with van der Waals surface area (Å²) < 4.78 is 28.7. The van der Waals surface area contributed by atoms with Gasteiger partial charge in [-0.1, -0.05) is 12.1 Å². The van der Waals surface area contributed by atoms with Gasteiger partial charge in [-0.2, -0.15) is 0 Å². The maximum atomic E-state index is 12.4. The van der Waals surface area contributed by atoms with Gasteiger partial charge < -0.3 is 5.11 Å². The third-order valence-corrected chi connectivity index (χ3v) is 5.59. The number of aliphatic hydroxyl groups excluding tert-OH is 1. The molecule has 4 nitrogen and oxygen atoms in total. The summed E-state index contributed by atoms with van der Waals surface area (Å²) in [6, 6.07) is 11.8. The number of sulfonamides is 1. The monoisotopic (exact) mass is 467 g/mol. The van der Waals surface area contributed by atoms with Crippen LogP contribution in [0.3, 0.4) is 0 Å². The quantitative estimate of drug-likeness (QED) is 0.677. The lowest BCUT2D eigenvalue weighted by molar-refractivity contribution is 0.281. The lowest BCUT2D eigenvalue weighted by Crippen LogP contribution is -2.14. The van der Waals surface area contributed by atoms with E-state index in [4.69, 9.17) is 5.11 Å². The fraction of sp³-hybridized carbons (Fsp3) is 0.0769. The highest BCUT2D eigenvalue weighted by molar-refractivity contribution is 14.1. The molecule has 106 valence electrons. The van der Waals surface area contributed by atoms with Gasteiger partial charge in [-0.3, -0.25) is 4.72 Å². The van der Waals surface area contributed by atoms with Crippen LogP contribution in [0.25, 0.3) is 0 Å². The molecule has 2 N–H and O–H groups in total. The van der Waals surface area contributed by atoms with Crippen molar-refractivity contribution in [3.05, 3.63) is 56.1 Å². The molecule has 0 atom stereocenters. The second-order valence-corrected chi connectivity index (χ2v) is 7.79. The van der Waals surface area contributed by atoms with Crippen LogP contribution < -0.4 is 4.72 Å². The molecule has 7 heteroatoms. The molecule has 0 heterocycles. The topological polar surface area (TPSA) is 66.4 Å². The van der Waals surface area contributed by atoms with Gasteiger partial charge >= 0.3 is 0 Å². The second kappa shape index (κ2) is 6.42. The van der Waals surface area contributed by atoms with E-state index in [0.717, 1.165) is 3.57 Å². The number of anilines is 1. The molecule has 20 heavy (non-hydrogen) atoms. The van der Waals surface area contributed by atoms with Crippen LogP contribution in [0.5, 0.6) is 0 Å². The number of halogens is 2. The minimum Gasteiger partial charge on any atom is -0.392 e. The minimum absolute atomic E-state index is 0.0999. The molecule has 0 radical (unpaired) electrons. The first-order valence-corrected chi connectivity index (χ1v) is 8.95. The van der Waals surface area contributed by atoms with Gasteiger partial charge in [-0.05, 0) is 74.4 Å². The summed E-state index contributed by atoms with van der Waals surface area (Å²) >= 11 is 5.33. The lowest BCUT2D eigenvalue weighted by Gasteiger charge is -2.11. The van der Waals surface area contributed by atoms with Crippen LogP contribution in [0.15, 0.2) is 51.8 Å². The van der Waals surface area contributed by atoms with E-state index in [2.05, 4.69) is 43.2 Å². The maximum absolute atomic E-state index is 12.4. The number of hydrogen-bond acceptors (Lipinski definition) is 3. The first-order valence-electron chi connectivity index (χ1n) is 5.60. The highest BCUT2D eigenvalue weighted by Crippen LogP contribution is 2.26. The van der Waals surface area contributed by atoms with Crippen LogP contribution in [-0.4, -0.2) is 13.5 Å². The zero-order chi connectivity index (χ0) is 14.8. The number of hydrogen-bond donors (Lipinski definition) is 2. The van der Waals surface area contributed by atoms with Crippen molar-refractivity contribution in [2.75, 3.05) is 4.72 Å². The van der Waals surface area contributed by atoms with Crippen molar-refractivity contribution in [1.29, 1.82) is 0 Å². The van der Waals surface area contributed by atoms with Crippen molar-refractivity contribution in [3.63, 3.8) is 0 Å². The molecule has 2 aromatic rings. The van der Waals surface area contributed by atoms with Crippen molar-refractivity contribution in [2.24, 2.45) is 0 Å². The molecule has 0 aliphatic heterocycles. The summed E-state index contributed by atoms with van der Waals surface area (Å²) in [6.07, 6.45) is 0. The lowest BCUT2D eigenvalue weighted by atomic mass is 10.2. The number of rotatable bonds is 4. The molecule has 2 aromatic carbocycles. The third-order valence-electron chi connectivity index (χ3n) is 2.54. The highest BCUT2D eigenvalue weighted by atomic mass is 127. The zero-order valence-corrected chi connectivity index (χ0v) is 14.7. The van der Waals surface area contributed by atoms with Gasteiger partial charge in [0.05, 0.1) is 6.61 Å². The van der Waals surface area contributed by atoms with Gasteiger partial charge in [0.15, 0.2) is 0 Å². The minimum atomic E-state index is -3.70. The normalized spacial score (nSPS) is 11.3. The molecule has 0 saturated heterocycles. The summed E-state index contributed by atoms with van der Waals surface area (Å²) in [5.41, 5.74) is 1.04. The van der Waals surface area contributed by atoms with E-state index in [1.165, 1.54) is 6.07 Å². The largest absolute Gasteiger partial charge is 0.392 e. The standard InChI is InChI=1S/C13H11BrINO3S/c14-12-5-4-9(8-17)6-13(12)20(18,19)16-11-3-1-2-10(15)7-11/h1-7,16-17H,8H2. The maximum Gasteiger partial charge on any atom is 0.263 e. The summed E-state index contributed by atoms with van der Waals surface area (Å²) in [5.74, 6) is 0. The number of nitrogens with one attached hydrogen (secondary N) is 1. The fourth-order valence-corrected chi connectivity index (χ4v) is 4.22. The van der Waals surface area contributed by atoms with Crippen molar-refractivity contribution < 1.29 is 13.5 Å². The molecule has 0 fully saturated rings. The Bertz CT molecular complexity index is 734. The smallest absolute Gasteiger partial charge is 0.263 e. The Morgan fingerprint density at radius 1 is 1.20 bits per heavy atom. The molecule has 0 amide bonds. The molecule has 0 spiro atoms. The molecule has 0 aliphatic rings. The van der Waals surface area contributed by atoms with Crippen LogP contribution in [0.4, 0.5) is 5.69 Å². The first-order chi connectivity index (χ1) is 9.42. The Balaban J connectivity index is 2.40. The summed E-state index contributed by atoms with van der Waals surface area (Å²) in [6.45, 7) is -0.209. The summed E-state index contributed by atoms with van der Waals surface area (Å²) in [7, 11) is -3.70. The number of aliphatic hydroxyl groups is 1. The van der Waals surface area contributed by atoms with Crippen LogP contribution in [-0.2, 0) is 16.6 Å². The molecule has 0 aromatic heterocycles. The van der Waals surface area contributed by atoms with Crippen LogP contribution in [0, 0.1) is 3.57 Å². The Hall–Kier alpha value is -0.640. The Morgan fingerprint density at radius 3 is 2.60 bits per heavy atom. The van der Waals surface area contributed by atoms with E-state index in [1.807, 2.05) is 6.07 Å². The van der Waals surface area contributed by atoms with Crippen LogP contribution >= 0.6 is 38.5 Å². The average molecular weight is 468 g/mol.